The smallest absolute Gasteiger partial charge is 0.322 e. The first-order valence-corrected chi connectivity index (χ1v) is 7.80. The number of benzene rings is 2. The van der Waals surface area contributed by atoms with E-state index in [2.05, 4.69) is 11.2 Å². The molecule has 6 heteroatoms. The van der Waals surface area contributed by atoms with Crippen molar-refractivity contribution in [3.8, 4) is 18.1 Å². The molecule has 0 aliphatic rings. The van der Waals surface area contributed by atoms with Crippen LogP contribution in [0, 0.1) is 12.3 Å². The molecule has 0 aromatic heterocycles. The molecule has 26 heavy (non-hydrogen) atoms. The highest BCUT2D eigenvalue weighted by molar-refractivity contribution is 5.95. The number of carbonyl (C=O) groups is 3. The number of nitrogens with one attached hydrogen (secondary N) is 1. The van der Waals surface area contributed by atoms with Crippen molar-refractivity contribution in [1.29, 1.82) is 0 Å². The fourth-order valence-electron chi connectivity index (χ4n) is 1.98. The van der Waals surface area contributed by atoms with Gasteiger partial charge in [0.25, 0.3) is 5.91 Å². The Hall–Kier alpha value is -3.59. The number of hydrogen-bond donors (Lipinski definition) is 1. The Balaban J connectivity index is 1.79. The summed E-state index contributed by atoms with van der Waals surface area (Å²) in [7, 11) is 0. The summed E-state index contributed by atoms with van der Waals surface area (Å²) >= 11 is 0. The molecule has 0 aliphatic heterocycles. The highest BCUT2D eigenvalue weighted by atomic mass is 16.6. The summed E-state index contributed by atoms with van der Waals surface area (Å²) in [4.78, 5) is 35.1. The number of terminal acetylenes is 1. The molecule has 0 unspecified atom stereocenters. The van der Waals surface area contributed by atoms with Crippen LogP contribution in [0.25, 0.3) is 0 Å². The maximum Gasteiger partial charge on any atom is 0.322 e. The van der Waals surface area contributed by atoms with E-state index in [1.54, 1.807) is 0 Å². The van der Waals surface area contributed by atoms with Crippen LogP contribution in [0.3, 0.4) is 0 Å². The zero-order valence-corrected chi connectivity index (χ0v) is 13.9. The largest absolute Gasteiger partial charge is 0.460 e. The van der Waals surface area contributed by atoms with E-state index >= 15 is 0 Å². The lowest BCUT2D eigenvalue weighted by atomic mass is 10.2. The van der Waals surface area contributed by atoms with Gasteiger partial charge < -0.3 is 14.8 Å². The van der Waals surface area contributed by atoms with Gasteiger partial charge in [0.2, 0.25) is 0 Å². The van der Waals surface area contributed by atoms with Crippen molar-refractivity contribution >= 4 is 17.8 Å². The number of carbonyl (C=O) groups excluding carboxylic acids is 3. The predicted molar refractivity (Wildman–Crippen MR) is 94.1 cm³/mol. The second kappa shape index (κ2) is 9.64. The molecule has 0 saturated carbocycles. The molecule has 0 saturated heterocycles. The van der Waals surface area contributed by atoms with Gasteiger partial charge in [-0.25, -0.2) is 0 Å². The molecule has 132 valence electrons. The van der Waals surface area contributed by atoms with Crippen LogP contribution in [-0.4, -0.2) is 24.4 Å². The molecule has 6 nitrogen and oxygen atoms in total. The Kier molecular flexibility index (Phi) is 6.95. The van der Waals surface area contributed by atoms with Gasteiger partial charge >= 0.3 is 11.9 Å². The molecule has 1 N–H and O–H groups in total. The van der Waals surface area contributed by atoms with Crippen molar-refractivity contribution in [2.24, 2.45) is 0 Å². The first-order valence-electron chi connectivity index (χ1n) is 7.80. The predicted octanol–water partition coefficient (Wildman–Crippen LogP) is 2.09. The molecule has 0 bridgehead atoms. The van der Waals surface area contributed by atoms with E-state index in [0.29, 0.717) is 5.56 Å². The molecule has 0 radical (unpaired) electrons. The Morgan fingerprint density at radius 1 is 0.962 bits per heavy atom. The number of hydrogen-bond acceptors (Lipinski definition) is 5. The molecule has 0 fully saturated rings. The third-order valence-electron chi connectivity index (χ3n) is 3.23. The van der Waals surface area contributed by atoms with Gasteiger partial charge in [0, 0.05) is 5.56 Å². The molecule has 2 aromatic rings. The Labute approximate surface area is 151 Å². The Morgan fingerprint density at radius 2 is 1.65 bits per heavy atom. The van der Waals surface area contributed by atoms with Crippen LogP contribution in [0.2, 0.25) is 0 Å². The summed E-state index contributed by atoms with van der Waals surface area (Å²) in [6.07, 6.45) is 4.57. The van der Waals surface area contributed by atoms with Crippen molar-refractivity contribution in [3.63, 3.8) is 0 Å². The van der Waals surface area contributed by atoms with Crippen LogP contribution >= 0.6 is 0 Å². The topological polar surface area (TPSA) is 81.7 Å². The van der Waals surface area contributed by atoms with E-state index in [1.165, 1.54) is 24.3 Å². The van der Waals surface area contributed by atoms with Crippen LogP contribution in [0.15, 0.2) is 54.6 Å². The first kappa shape index (κ1) is 18.7. The monoisotopic (exact) mass is 351 g/mol. The normalized spacial score (nSPS) is 9.65. The summed E-state index contributed by atoms with van der Waals surface area (Å²) < 4.78 is 10.1. The van der Waals surface area contributed by atoms with Gasteiger partial charge in [0.15, 0.2) is 0 Å². The van der Waals surface area contributed by atoms with Crippen molar-refractivity contribution < 1.29 is 23.9 Å². The molecule has 0 atom stereocenters. The summed E-state index contributed by atoms with van der Waals surface area (Å²) in [5.41, 5.74) is 1.20. The second-order valence-electron chi connectivity index (χ2n) is 5.21. The maximum absolute atomic E-state index is 11.8. The lowest BCUT2D eigenvalue weighted by Gasteiger charge is -2.07. The van der Waals surface area contributed by atoms with Crippen LogP contribution in [0.5, 0.6) is 5.75 Å². The van der Waals surface area contributed by atoms with Crippen molar-refractivity contribution in [2.75, 3.05) is 6.54 Å². The van der Waals surface area contributed by atoms with E-state index in [-0.39, 0.29) is 24.8 Å². The zero-order valence-electron chi connectivity index (χ0n) is 13.9. The molecule has 0 heterocycles. The highest BCUT2D eigenvalue weighted by Gasteiger charge is 2.14. The minimum atomic E-state index is -0.743. The summed E-state index contributed by atoms with van der Waals surface area (Å²) in [6, 6.07) is 15.0. The average Bonchev–Trinajstić information content (AvgIpc) is 2.65. The third kappa shape index (κ3) is 6.13. The Bertz CT molecular complexity index is 806. The molecular weight excluding hydrogens is 334 g/mol. The standard InChI is InChI=1S/C20H17NO5/c1-2-12-21-20(24)16-8-10-17(11-9-16)26-19(23)13-18(22)25-14-15-6-4-3-5-7-15/h1,3-11H,12-14H2,(H,21,24). The van der Waals surface area contributed by atoms with E-state index in [1.807, 2.05) is 30.3 Å². The highest BCUT2D eigenvalue weighted by Crippen LogP contribution is 2.13. The number of ether oxygens (including phenoxy) is 2. The quantitative estimate of drug-likeness (QED) is 0.357. The van der Waals surface area contributed by atoms with Crippen molar-refractivity contribution in [3.05, 3.63) is 65.7 Å². The zero-order chi connectivity index (χ0) is 18.8. The SMILES string of the molecule is C#CCNC(=O)c1ccc(OC(=O)CC(=O)OCc2ccccc2)cc1. The van der Waals surface area contributed by atoms with Gasteiger partial charge in [0.05, 0.1) is 6.54 Å². The van der Waals surface area contributed by atoms with Gasteiger partial charge in [-0.1, -0.05) is 36.3 Å². The van der Waals surface area contributed by atoms with Crippen LogP contribution in [0.4, 0.5) is 0 Å². The van der Waals surface area contributed by atoms with Crippen LogP contribution < -0.4 is 10.1 Å². The summed E-state index contributed by atoms with van der Waals surface area (Å²) in [6.45, 7) is 0.217. The Morgan fingerprint density at radius 3 is 2.31 bits per heavy atom. The van der Waals surface area contributed by atoms with E-state index < -0.39 is 18.4 Å². The molecular formula is C20H17NO5. The average molecular weight is 351 g/mol. The van der Waals surface area contributed by atoms with E-state index in [9.17, 15) is 14.4 Å². The fourth-order valence-corrected chi connectivity index (χ4v) is 1.98. The molecule has 0 spiro atoms. The van der Waals surface area contributed by atoms with Gasteiger partial charge in [0.1, 0.15) is 18.8 Å². The van der Waals surface area contributed by atoms with Crippen LogP contribution in [0.1, 0.15) is 22.3 Å². The summed E-state index contributed by atoms with van der Waals surface area (Å²) in [5.74, 6) is 0.773. The fraction of sp³-hybridized carbons (Fsp3) is 0.150. The van der Waals surface area contributed by atoms with Gasteiger partial charge in [-0.2, -0.15) is 0 Å². The summed E-state index contributed by atoms with van der Waals surface area (Å²) in [5, 5.41) is 2.52. The molecule has 2 aromatic carbocycles. The molecule has 1 amide bonds. The maximum atomic E-state index is 11.8. The molecule has 2 rings (SSSR count). The van der Waals surface area contributed by atoms with Crippen molar-refractivity contribution in [1.82, 2.24) is 5.32 Å². The van der Waals surface area contributed by atoms with E-state index in [0.717, 1.165) is 5.56 Å². The number of amides is 1. The lowest BCUT2D eigenvalue weighted by Crippen LogP contribution is -2.23. The van der Waals surface area contributed by atoms with Gasteiger partial charge in [-0.05, 0) is 29.8 Å². The number of rotatable bonds is 7. The van der Waals surface area contributed by atoms with Crippen LogP contribution in [-0.2, 0) is 20.9 Å². The van der Waals surface area contributed by atoms with Gasteiger partial charge in [-0.15, -0.1) is 6.42 Å². The number of esters is 2. The molecule has 0 aliphatic carbocycles. The second-order valence-corrected chi connectivity index (χ2v) is 5.21. The minimum Gasteiger partial charge on any atom is -0.460 e. The lowest BCUT2D eigenvalue weighted by molar-refractivity contribution is -0.151. The van der Waals surface area contributed by atoms with Gasteiger partial charge in [-0.3, -0.25) is 14.4 Å². The third-order valence-corrected chi connectivity index (χ3v) is 3.23. The van der Waals surface area contributed by atoms with Crippen molar-refractivity contribution in [2.45, 2.75) is 13.0 Å². The minimum absolute atomic E-state index is 0.0917. The first-order chi connectivity index (χ1) is 12.6. The van der Waals surface area contributed by atoms with E-state index in [4.69, 9.17) is 15.9 Å².